The van der Waals surface area contributed by atoms with Crippen molar-refractivity contribution < 1.29 is 22.7 Å². The average molecular weight is 291 g/mol. The van der Waals surface area contributed by atoms with E-state index < -0.39 is 17.8 Å². The standard InChI is InChI=1S/C12H16F3N3O2/c1-7(6-20-3)18(2)11-8(10(16)19)4-5-9(17-11)12(13,14)15/h4-5,7H,6H2,1-3H3,(H2,16,19). The van der Waals surface area contributed by atoms with Crippen LogP contribution in [0.15, 0.2) is 12.1 Å². The number of nitrogens with zero attached hydrogens (tertiary/aromatic N) is 2. The summed E-state index contributed by atoms with van der Waals surface area (Å²) in [5.74, 6) is -0.949. The molecule has 0 bridgehead atoms. The predicted octanol–water partition coefficient (Wildman–Crippen LogP) is 1.67. The highest BCUT2D eigenvalue weighted by Crippen LogP contribution is 2.30. The molecule has 20 heavy (non-hydrogen) atoms. The Hall–Kier alpha value is -1.83. The second-order valence-electron chi connectivity index (χ2n) is 4.34. The molecular weight excluding hydrogens is 275 g/mol. The Morgan fingerprint density at radius 2 is 2.10 bits per heavy atom. The number of alkyl halides is 3. The van der Waals surface area contributed by atoms with Gasteiger partial charge in [-0.05, 0) is 19.1 Å². The van der Waals surface area contributed by atoms with Gasteiger partial charge in [0.05, 0.1) is 18.2 Å². The van der Waals surface area contributed by atoms with E-state index in [-0.39, 0.29) is 24.0 Å². The highest BCUT2D eigenvalue weighted by molar-refractivity contribution is 5.97. The van der Waals surface area contributed by atoms with Crippen LogP contribution in [0.1, 0.15) is 23.0 Å². The molecule has 0 radical (unpaired) electrons. The van der Waals surface area contributed by atoms with Crippen LogP contribution in [-0.4, -0.2) is 37.7 Å². The third kappa shape index (κ3) is 3.60. The first-order valence-electron chi connectivity index (χ1n) is 5.78. The molecule has 1 aromatic rings. The van der Waals surface area contributed by atoms with Crippen LogP contribution in [0.2, 0.25) is 0 Å². The Morgan fingerprint density at radius 3 is 2.55 bits per heavy atom. The van der Waals surface area contributed by atoms with Crippen molar-refractivity contribution >= 4 is 11.7 Å². The van der Waals surface area contributed by atoms with Crippen LogP contribution in [0.3, 0.4) is 0 Å². The number of rotatable bonds is 5. The molecule has 0 aliphatic heterocycles. The summed E-state index contributed by atoms with van der Waals surface area (Å²) in [6.07, 6.45) is -4.59. The van der Waals surface area contributed by atoms with Gasteiger partial charge in [-0.3, -0.25) is 4.79 Å². The second kappa shape index (κ2) is 6.08. The summed E-state index contributed by atoms with van der Waals surface area (Å²) in [5, 5.41) is 0. The Morgan fingerprint density at radius 1 is 1.50 bits per heavy atom. The lowest BCUT2D eigenvalue weighted by Gasteiger charge is -2.27. The Balaban J connectivity index is 3.28. The summed E-state index contributed by atoms with van der Waals surface area (Å²) in [7, 11) is 3.00. The molecular formula is C12H16F3N3O2. The molecule has 0 fully saturated rings. The van der Waals surface area contributed by atoms with Crippen molar-refractivity contribution in [3.05, 3.63) is 23.4 Å². The molecule has 0 aliphatic carbocycles. The minimum atomic E-state index is -4.59. The molecule has 0 spiro atoms. The summed E-state index contributed by atoms with van der Waals surface area (Å²) >= 11 is 0. The zero-order chi connectivity index (χ0) is 15.5. The first-order chi connectivity index (χ1) is 9.18. The maximum Gasteiger partial charge on any atom is 0.433 e. The number of aromatic nitrogens is 1. The molecule has 5 nitrogen and oxygen atoms in total. The maximum atomic E-state index is 12.7. The van der Waals surface area contributed by atoms with Crippen molar-refractivity contribution in [2.45, 2.75) is 19.1 Å². The number of hydrogen-bond donors (Lipinski definition) is 1. The van der Waals surface area contributed by atoms with Gasteiger partial charge in [0.15, 0.2) is 0 Å². The lowest BCUT2D eigenvalue weighted by atomic mass is 10.2. The Labute approximate surface area is 114 Å². The van der Waals surface area contributed by atoms with Crippen molar-refractivity contribution in [2.75, 3.05) is 25.7 Å². The monoisotopic (exact) mass is 291 g/mol. The van der Waals surface area contributed by atoms with E-state index in [0.717, 1.165) is 12.1 Å². The number of nitrogens with two attached hydrogens (primary N) is 1. The number of hydrogen-bond acceptors (Lipinski definition) is 4. The van der Waals surface area contributed by atoms with Gasteiger partial charge < -0.3 is 15.4 Å². The highest BCUT2D eigenvalue weighted by Gasteiger charge is 2.34. The van der Waals surface area contributed by atoms with Crippen LogP contribution in [0.25, 0.3) is 0 Å². The molecule has 1 aromatic heterocycles. The quantitative estimate of drug-likeness (QED) is 0.896. The van der Waals surface area contributed by atoms with Gasteiger partial charge in [0, 0.05) is 14.2 Å². The number of carbonyl (C=O) groups excluding carboxylic acids is 1. The fourth-order valence-corrected chi connectivity index (χ4v) is 1.63. The predicted molar refractivity (Wildman–Crippen MR) is 67.5 cm³/mol. The number of pyridine rings is 1. The van der Waals surface area contributed by atoms with Gasteiger partial charge in [-0.2, -0.15) is 13.2 Å². The molecule has 0 aliphatic rings. The van der Waals surface area contributed by atoms with Gasteiger partial charge >= 0.3 is 6.18 Å². The Bertz CT molecular complexity index is 491. The van der Waals surface area contributed by atoms with Crippen LogP contribution in [-0.2, 0) is 10.9 Å². The molecule has 1 rings (SSSR count). The largest absolute Gasteiger partial charge is 0.433 e. The van der Waals surface area contributed by atoms with Gasteiger partial charge in [0.1, 0.15) is 11.5 Å². The van der Waals surface area contributed by atoms with E-state index in [9.17, 15) is 18.0 Å². The van der Waals surface area contributed by atoms with Crippen LogP contribution >= 0.6 is 0 Å². The SMILES string of the molecule is COCC(C)N(C)c1nc(C(F)(F)F)ccc1C(N)=O. The number of carbonyl (C=O) groups is 1. The van der Waals surface area contributed by atoms with E-state index in [0.29, 0.717) is 0 Å². The van der Waals surface area contributed by atoms with Crippen molar-refractivity contribution in [2.24, 2.45) is 5.73 Å². The third-order valence-electron chi connectivity index (χ3n) is 2.83. The van der Waals surface area contributed by atoms with Crippen molar-refractivity contribution in [1.29, 1.82) is 0 Å². The molecule has 1 unspecified atom stereocenters. The van der Waals surface area contributed by atoms with E-state index >= 15 is 0 Å². The van der Waals surface area contributed by atoms with Crippen LogP contribution < -0.4 is 10.6 Å². The van der Waals surface area contributed by atoms with E-state index in [4.69, 9.17) is 10.5 Å². The van der Waals surface area contributed by atoms with Crippen molar-refractivity contribution in [3.63, 3.8) is 0 Å². The number of methoxy groups -OCH3 is 1. The molecule has 1 atom stereocenters. The molecule has 0 saturated carbocycles. The topological polar surface area (TPSA) is 68.4 Å². The average Bonchev–Trinajstić information content (AvgIpc) is 2.36. The number of amides is 1. The number of ether oxygens (including phenoxy) is 1. The van der Waals surface area contributed by atoms with E-state index in [1.807, 2.05) is 0 Å². The molecule has 0 aromatic carbocycles. The van der Waals surface area contributed by atoms with E-state index in [1.54, 1.807) is 6.92 Å². The second-order valence-corrected chi connectivity index (χ2v) is 4.34. The first kappa shape index (κ1) is 16.2. The zero-order valence-electron chi connectivity index (χ0n) is 11.4. The van der Waals surface area contributed by atoms with E-state index in [2.05, 4.69) is 4.98 Å². The normalized spacial score (nSPS) is 13.1. The van der Waals surface area contributed by atoms with Gasteiger partial charge in [-0.25, -0.2) is 4.98 Å². The number of primary amides is 1. The van der Waals surface area contributed by atoms with Crippen molar-refractivity contribution in [3.8, 4) is 0 Å². The minimum Gasteiger partial charge on any atom is -0.383 e. The van der Waals surface area contributed by atoms with Gasteiger partial charge in [0.25, 0.3) is 5.91 Å². The van der Waals surface area contributed by atoms with Crippen LogP contribution in [0.5, 0.6) is 0 Å². The summed E-state index contributed by atoms with van der Waals surface area (Å²) in [4.78, 5) is 16.3. The fourth-order valence-electron chi connectivity index (χ4n) is 1.63. The summed E-state index contributed by atoms with van der Waals surface area (Å²) < 4.78 is 43.0. The van der Waals surface area contributed by atoms with Crippen LogP contribution in [0, 0.1) is 0 Å². The number of likely N-dealkylation sites (N-methyl/N-ethyl adjacent to an activating group) is 1. The van der Waals surface area contributed by atoms with E-state index in [1.165, 1.54) is 19.1 Å². The van der Waals surface area contributed by atoms with Gasteiger partial charge in [0.2, 0.25) is 0 Å². The summed E-state index contributed by atoms with van der Waals surface area (Å²) in [6, 6.07) is 1.50. The van der Waals surface area contributed by atoms with Crippen LogP contribution in [0.4, 0.5) is 19.0 Å². The number of halogens is 3. The number of anilines is 1. The molecule has 2 N–H and O–H groups in total. The van der Waals surface area contributed by atoms with Gasteiger partial charge in [-0.1, -0.05) is 0 Å². The third-order valence-corrected chi connectivity index (χ3v) is 2.83. The Kier molecular flexibility index (Phi) is 4.93. The molecule has 0 saturated heterocycles. The molecule has 1 heterocycles. The smallest absolute Gasteiger partial charge is 0.383 e. The highest BCUT2D eigenvalue weighted by atomic mass is 19.4. The summed E-state index contributed by atoms with van der Waals surface area (Å²) in [5.41, 5.74) is 4.03. The molecule has 112 valence electrons. The first-order valence-corrected chi connectivity index (χ1v) is 5.78. The lowest BCUT2D eigenvalue weighted by molar-refractivity contribution is -0.141. The lowest BCUT2D eigenvalue weighted by Crippen LogP contribution is -2.35. The zero-order valence-corrected chi connectivity index (χ0v) is 11.4. The maximum absolute atomic E-state index is 12.7. The van der Waals surface area contributed by atoms with Gasteiger partial charge in [-0.15, -0.1) is 0 Å². The minimum absolute atomic E-state index is 0.0662. The fraction of sp³-hybridized carbons (Fsp3) is 0.500. The van der Waals surface area contributed by atoms with Crippen molar-refractivity contribution in [1.82, 2.24) is 4.98 Å². The molecule has 1 amide bonds. The molecule has 8 heteroatoms. The summed E-state index contributed by atoms with van der Waals surface area (Å²) in [6.45, 7) is 2.00.